The average Bonchev–Trinajstić information content (AvgIpc) is 3.35. The van der Waals surface area contributed by atoms with Crippen molar-refractivity contribution in [2.45, 2.75) is 19.4 Å². The summed E-state index contributed by atoms with van der Waals surface area (Å²) in [7, 11) is 4.94. The number of rotatable bonds is 9. The second-order valence-electron chi connectivity index (χ2n) is 8.25. The molecule has 0 spiro atoms. The van der Waals surface area contributed by atoms with E-state index in [-0.39, 0.29) is 5.91 Å². The maximum Gasteiger partial charge on any atom is 0.222 e. The van der Waals surface area contributed by atoms with Gasteiger partial charge in [0.25, 0.3) is 0 Å². The number of thiazole rings is 1. The summed E-state index contributed by atoms with van der Waals surface area (Å²) < 4.78 is 15.9. The van der Waals surface area contributed by atoms with Gasteiger partial charge in [0.2, 0.25) is 5.91 Å². The first kappa shape index (κ1) is 24.0. The largest absolute Gasteiger partial charge is 0.497 e. The normalized spacial score (nSPS) is 14.1. The van der Waals surface area contributed by atoms with Crippen molar-refractivity contribution in [3.63, 3.8) is 0 Å². The Labute approximate surface area is 204 Å². The van der Waals surface area contributed by atoms with Gasteiger partial charge in [-0.2, -0.15) is 0 Å². The lowest BCUT2D eigenvalue weighted by atomic mass is 10.1. The number of piperazine rings is 1. The third kappa shape index (κ3) is 6.07. The molecule has 180 valence electrons. The highest BCUT2D eigenvalue weighted by atomic mass is 32.1. The highest BCUT2D eigenvalue weighted by Gasteiger charge is 2.21. The molecule has 34 heavy (non-hydrogen) atoms. The molecule has 7 nitrogen and oxygen atoms in total. The molecule has 4 rings (SSSR count). The van der Waals surface area contributed by atoms with E-state index in [1.54, 1.807) is 32.7 Å². The lowest BCUT2D eigenvalue weighted by Gasteiger charge is -2.34. The fraction of sp³-hybridized carbons (Fsp3) is 0.385. The summed E-state index contributed by atoms with van der Waals surface area (Å²) in [5.74, 6) is 2.52. The number of hydrogen-bond acceptors (Lipinski definition) is 7. The van der Waals surface area contributed by atoms with Crippen LogP contribution in [-0.4, -0.2) is 68.2 Å². The molecule has 0 N–H and O–H groups in total. The Kier molecular flexibility index (Phi) is 8.03. The Morgan fingerprint density at radius 1 is 0.912 bits per heavy atom. The van der Waals surface area contributed by atoms with E-state index >= 15 is 0 Å². The summed E-state index contributed by atoms with van der Waals surface area (Å²) in [5.41, 5.74) is 3.21. The molecule has 8 heteroatoms. The van der Waals surface area contributed by atoms with Gasteiger partial charge in [0, 0.05) is 56.2 Å². The van der Waals surface area contributed by atoms with Crippen molar-refractivity contribution in [1.82, 2.24) is 14.8 Å². The van der Waals surface area contributed by atoms with Crippen molar-refractivity contribution in [3.8, 4) is 27.8 Å². The highest BCUT2D eigenvalue weighted by molar-refractivity contribution is 7.13. The summed E-state index contributed by atoms with van der Waals surface area (Å²) in [6, 6.07) is 13.7. The Morgan fingerprint density at radius 3 is 2.18 bits per heavy atom. The second kappa shape index (κ2) is 11.4. The SMILES string of the molecule is COc1ccc(-c2nc(CN3CCN(C(=O)CCc4cc(OC)cc(OC)c4)CC3)cs2)cc1. The van der Waals surface area contributed by atoms with Crippen molar-refractivity contribution < 1.29 is 19.0 Å². The summed E-state index contributed by atoms with van der Waals surface area (Å²) >= 11 is 1.66. The average molecular weight is 482 g/mol. The number of benzene rings is 2. The topological polar surface area (TPSA) is 64.1 Å². The number of aryl methyl sites for hydroxylation is 1. The molecule has 1 aliphatic rings. The minimum absolute atomic E-state index is 0.192. The van der Waals surface area contributed by atoms with Gasteiger partial charge in [-0.3, -0.25) is 9.69 Å². The number of nitrogens with zero attached hydrogens (tertiary/aromatic N) is 3. The van der Waals surface area contributed by atoms with E-state index in [0.29, 0.717) is 12.8 Å². The summed E-state index contributed by atoms with van der Waals surface area (Å²) in [6.07, 6.45) is 1.15. The molecule has 0 radical (unpaired) electrons. The van der Waals surface area contributed by atoms with E-state index in [1.807, 2.05) is 47.4 Å². The van der Waals surface area contributed by atoms with E-state index < -0.39 is 0 Å². The molecule has 0 aliphatic carbocycles. The Bertz CT molecular complexity index is 1070. The molecule has 3 aromatic rings. The van der Waals surface area contributed by atoms with E-state index in [0.717, 1.165) is 71.8 Å². The Hall–Kier alpha value is -3.10. The maximum atomic E-state index is 12.8. The summed E-state index contributed by atoms with van der Waals surface area (Å²) in [4.78, 5) is 21.9. The first-order chi connectivity index (χ1) is 16.6. The molecule has 0 unspecified atom stereocenters. The molecule has 1 aliphatic heterocycles. The van der Waals surface area contributed by atoms with Gasteiger partial charge in [0.15, 0.2) is 0 Å². The van der Waals surface area contributed by atoms with E-state index in [9.17, 15) is 4.79 Å². The second-order valence-corrected chi connectivity index (χ2v) is 9.11. The third-order valence-electron chi connectivity index (χ3n) is 6.04. The van der Waals surface area contributed by atoms with E-state index in [1.165, 1.54) is 0 Å². The van der Waals surface area contributed by atoms with Gasteiger partial charge in [0.05, 0.1) is 27.0 Å². The van der Waals surface area contributed by atoms with Gasteiger partial charge in [-0.25, -0.2) is 4.98 Å². The van der Waals surface area contributed by atoms with E-state index in [2.05, 4.69) is 10.3 Å². The molecule has 2 aromatic carbocycles. The molecule has 1 aromatic heterocycles. The van der Waals surface area contributed by atoms with Gasteiger partial charge in [0.1, 0.15) is 22.3 Å². The van der Waals surface area contributed by atoms with Gasteiger partial charge in [-0.15, -0.1) is 11.3 Å². The zero-order valence-corrected chi connectivity index (χ0v) is 20.8. The quantitative estimate of drug-likeness (QED) is 0.458. The highest BCUT2D eigenvalue weighted by Crippen LogP contribution is 2.27. The molecule has 1 saturated heterocycles. The predicted molar refractivity (Wildman–Crippen MR) is 134 cm³/mol. The van der Waals surface area contributed by atoms with Crippen LogP contribution in [0.1, 0.15) is 17.7 Å². The summed E-state index contributed by atoms with van der Waals surface area (Å²) in [5, 5.41) is 3.14. The van der Waals surface area contributed by atoms with Crippen LogP contribution in [-0.2, 0) is 17.8 Å². The van der Waals surface area contributed by atoms with Gasteiger partial charge < -0.3 is 19.1 Å². The van der Waals surface area contributed by atoms with Crippen molar-refractivity contribution in [1.29, 1.82) is 0 Å². The molecule has 0 saturated carbocycles. The number of aromatic nitrogens is 1. The van der Waals surface area contributed by atoms with Crippen LogP contribution < -0.4 is 14.2 Å². The van der Waals surface area contributed by atoms with Crippen LogP contribution in [0.15, 0.2) is 47.8 Å². The Morgan fingerprint density at radius 2 is 1.56 bits per heavy atom. The molecule has 0 bridgehead atoms. The van der Waals surface area contributed by atoms with Gasteiger partial charge >= 0.3 is 0 Å². The van der Waals surface area contributed by atoms with Gasteiger partial charge in [-0.1, -0.05) is 0 Å². The van der Waals surface area contributed by atoms with E-state index in [4.69, 9.17) is 19.2 Å². The molecule has 0 atom stereocenters. The number of carbonyl (C=O) groups excluding carboxylic acids is 1. The van der Waals surface area contributed by atoms with Crippen molar-refractivity contribution in [2.75, 3.05) is 47.5 Å². The first-order valence-corrected chi connectivity index (χ1v) is 12.3. The fourth-order valence-corrected chi connectivity index (χ4v) is 4.87. The van der Waals surface area contributed by atoms with Crippen LogP contribution in [0.2, 0.25) is 0 Å². The molecular formula is C26H31N3O4S. The predicted octanol–water partition coefficient (Wildman–Crippen LogP) is 4.11. The number of amides is 1. The number of ether oxygens (including phenoxy) is 3. The lowest BCUT2D eigenvalue weighted by molar-refractivity contribution is -0.133. The minimum atomic E-state index is 0.192. The minimum Gasteiger partial charge on any atom is -0.497 e. The number of carbonyl (C=O) groups is 1. The molecular weight excluding hydrogens is 450 g/mol. The smallest absolute Gasteiger partial charge is 0.222 e. The summed E-state index contributed by atoms with van der Waals surface area (Å²) in [6.45, 7) is 4.01. The monoisotopic (exact) mass is 481 g/mol. The number of methoxy groups -OCH3 is 3. The van der Waals surface area contributed by atoms with Crippen LogP contribution in [0, 0.1) is 0 Å². The molecule has 1 fully saturated rings. The molecule has 1 amide bonds. The van der Waals surface area contributed by atoms with Gasteiger partial charge in [-0.05, 0) is 48.4 Å². The molecule has 2 heterocycles. The van der Waals surface area contributed by atoms with Crippen molar-refractivity contribution >= 4 is 17.2 Å². The van der Waals surface area contributed by atoms with Crippen LogP contribution in [0.5, 0.6) is 17.2 Å². The first-order valence-electron chi connectivity index (χ1n) is 11.4. The standard InChI is InChI=1S/C26H31N3O4S/c1-31-22-7-5-20(6-8-22)26-27-21(18-34-26)17-28-10-12-29(13-11-28)25(30)9-4-19-14-23(32-2)16-24(15-19)33-3/h5-8,14-16,18H,4,9-13,17H2,1-3H3. The maximum absolute atomic E-state index is 12.8. The lowest BCUT2D eigenvalue weighted by Crippen LogP contribution is -2.48. The zero-order valence-electron chi connectivity index (χ0n) is 20.0. The third-order valence-corrected chi connectivity index (χ3v) is 6.98. The number of hydrogen-bond donors (Lipinski definition) is 0. The fourth-order valence-electron chi connectivity index (χ4n) is 4.05. The van der Waals surface area contributed by atoms with Crippen LogP contribution >= 0.6 is 11.3 Å². The van der Waals surface area contributed by atoms with Crippen LogP contribution in [0.3, 0.4) is 0 Å². The Balaban J connectivity index is 1.25. The van der Waals surface area contributed by atoms with Crippen LogP contribution in [0.4, 0.5) is 0 Å². The van der Waals surface area contributed by atoms with Crippen molar-refractivity contribution in [2.24, 2.45) is 0 Å². The van der Waals surface area contributed by atoms with Crippen molar-refractivity contribution in [3.05, 3.63) is 59.1 Å². The zero-order chi connectivity index (χ0) is 23.9. The van der Waals surface area contributed by atoms with Crippen LogP contribution in [0.25, 0.3) is 10.6 Å².